The van der Waals surface area contributed by atoms with E-state index in [0.717, 1.165) is 36.3 Å². The third-order valence-corrected chi connectivity index (χ3v) is 4.75. The number of hydrogen-bond donors (Lipinski definition) is 2. The first-order chi connectivity index (χ1) is 14.0. The van der Waals surface area contributed by atoms with Crippen molar-refractivity contribution >= 4 is 17.9 Å². The molecule has 6 nitrogen and oxygen atoms in total. The highest BCUT2D eigenvalue weighted by Gasteiger charge is 2.19. The van der Waals surface area contributed by atoms with Crippen LogP contribution in [0.4, 0.5) is 0 Å². The summed E-state index contributed by atoms with van der Waals surface area (Å²) < 4.78 is 10.7. The number of methoxy groups -OCH3 is 1. The van der Waals surface area contributed by atoms with Crippen LogP contribution in [0.3, 0.4) is 0 Å². The molecule has 1 heterocycles. The smallest absolute Gasteiger partial charge is 0.267 e. The number of nitrogens with one attached hydrogen (secondary N) is 2. The second kappa shape index (κ2) is 9.89. The molecule has 29 heavy (non-hydrogen) atoms. The Hall–Kier alpha value is -3.12. The first-order valence-electron chi connectivity index (χ1n) is 9.69. The third kappa shape index (κ3) is 5.93. The summed E-state index contributed by atoms with van der Waals surface area (Å²) >= 11 is 0. The van der Waals surface area contributed by atoms with Crippen LogP contribution in [-0.2, 0) is 9.53 Å². The summed E-state index contributed by atoms with van der Waals surface area (Å²) in [5, 5.41) is 5.60. The molecule has 2 aromatic rings. The standard InChI is InChI=1S/C23H26N2O4/c1-16-5-9-18(10-6-16)22(26)25-21(14-17-7-11-19(28-2)12-8-17)23(27)24-15-20-4-3-13-29-20/h5-12,14,20H,3-4,13,15H2,1-2H3,(H,24,27)(H,25,26)/b21-14-/t20-/m0/s1. The van der Waals surface area contributed by atoms with Gasteiger partial charge in [0.1, 0.15) is 11.4 Å². The van der Waals surface area contributed by atoms with Crippen molar-refractivity contribution in [2.45, 2.75) is 25.9 Å². The van der Waals surface area contributed by atoms with Crippen molar-refractivity contribution in [3.05, 3.63) is 70.9 Å². The van der Waals surface area contributed by atoms with E-state index < -0.39 is 0 Å². The van der Waals surface area contributed by atoms with E-state index in [1.807, 2.05) is 31.2 Å². The van der Waals surface area contributed by atoms with E-state index in [2.05, 4.69) is 10.6 Å². The lowest BCUT2D eigenvalue weighted by atomic mass is 10.1. The van der Waals surface area contributed by atoms with Crippen molar-refractivity contribution in [2.24, 2.45) is 0 Å². The van der Waals surface area contributed by atoms with Crippen molar-refractivity contribution in [3.63, 3.8) is 0 Å². The number of ether oxygens (including phenoxy) is 2. The molecule has 3 rings (SSSR count). The Kier molecular flexibility index (Phi) is 7.03. The molecular formula is C23H26N2O4. The molecule has 2 N–H and O–H groups in total. The van der Waals surface area contributed by atoms with Crippen LogP contribution in [0.1, 0.15) is 34.3 Å². The lowest BCUT2D eigenvalue weighted by molar-refractivity contribution is -0.118. The van der Waals surface area contributed by atoms with Gasteiger partial charge in [0.25, 0.3) is 11.8 Å². The summed E-state index contributed by atoms with van der Waals surface area (Å²) in [6, 6.07) is 14.4. The van der Waals surface area contributed by atoms with Gasteiger partial charge in [-0.05, 0) is 55.7 Å². The molecule has 0 unspecified atom stereocenters. The first kappa shape index (κ1) is 20.6. The Bertz CT molecular complexity index is 867. The predicted molar refractivity (Wildman–Crippen MR) is 112 cm³/mol. The SMILES string of the molecule is COc1ccc(/C=C(\NC(=O)c2ccc(C)cc2)C(=O)NC[C@@H]2CCCO2)cc1. The minimum Gasteiger partial charge on any atom is -0.497 e. The molecule has 1 aliphatic heterocycles. The Morgan fingerprint density at radius 1 is 1.14 bits per heavy atom. The van der Waals surface area contributed by atoms with Crippen molar-refractivity contribution in [1.29, 1.82) is 0 Å². The number of benzene rings is 2. The minimum absolute atomic E-state index is 0.0222. The van der Waals surface area contributed by atoms with Crippen molar-refractivity contribution < 1.29 is 19.1 Å². The lowest BCUT2D eigenvalue weighted by Gasteiger charge is -2.14. The van der Waals surface area contributed by atoms with Crippen LogP contribution in [0.2, 0.25) is 0 Å². The molecule has 0 aromatic heterocycles. The maximum absolute atomic E-state index is 12.8. The highest BCUT2D eigenvalue weighted by molar-refractivity contribution is 6.05. The van der Waals surface area contributed by atoms with Gasteiger partial charge >= 0.3 is 0 Å². The molecule has 1 fully saturated rings. The van der Waals surface area contributed by atoms with Crippen molar-refractivity contribution in [3.8, 4) is 5.75 Å². The number of carbonyl (C=O) groups excluding carboxylic acids is 2. The van der Waals surface area contributed by atoms with E-state index in [9.17, 15) is 9.59 Å². The number of amides is 2. The second-order valence-electron chi connectivity index (χ2n) is 7.00. The van der Waals surface area contributed by atoms with Crippen LogP contribution in [0.15, 0.2) is 54.2 Å². The van der Waals surface area contributed by atoms with Gasteiger partial charge < -0.3 is 20.1 Å². The van der Waals surface area contributed by atoms with Crippen LogP contribution in [0, 0.1) is 6.92 Å². The summed E-state index contributed by atoms with van der Waals surface area (Å²) in [5.74, 6) is 0.0315. The number of carbonyl (C=O) groups is 2. The lowest BCUT2D eigenvalue weighted by Crippen LogP contribution is -2.38. The van der Waals surface area contributed by atoms with Gasteiger partial charge in [0.15, 0.2) is 0 Å². The van der Waals surface area contributed by atoms with Gasteiger partial charge in [0, 0.05) is 18.7 Å². The van der Waals surface area contributed by atoms with Gasteiger partial charge in [0.2, 0.25) is 0 Å². The molecule has 6 heteroatoms. The largest absolute Gasteiger partial charge is 0.497 e. The van der Waals surface area contributed by atoms with Gasteiger partial charge in [-0.2, -0.15) is 0 Å². The van der Waals surface area contributed by atoms with E-state index >= 15 is 0 Å². The van der Waals surface area contributed by atoms with Crippen LogP contribution in [-0.4, -0.2) is 38.2 Å². The number of aryl methyl sites for hydroxylation is 1. The molecule has 0 saturated carbocycles. The highest BCUT2D eigenvalue weighted by atomic mass is 16.5. The maximum atomic E-state index is 12.8. The van der Waals surface area contributed by atoms with E-state index in [1.165, 1.54) is 0 Å². The molecule has 0 radical (unpaired) electrons. The quantitative estimate of drug-likeness (QED) is 0.708. The molecule has 0 bridgehead atoms. The molecule has 1 atom stereocenters. The van der Waals surface area contributed by atoms with E-state index in [-0.39, 0.29) is 23.6 Å². The topological polar surface area (TPSA) is 76.7 Å². The van der Waals surface area contributed by atoms with E-state index in [1.54, 1.807) is 37.5 Å². The zero-order valence-corrected chi connectivity index (χ0v) is 16.7. The molecule has 152 valence electrons. The molecule has 1 aliphatic rings. The van der Waals surface area contributed by atoms with Gasteiger partial charge in [0.05, 0.1) is 13.2 Å². The van der Waals surface area contributed by atoms with Gasteiger partial charge in [-0.1, -0.05) is 29.8 Å². The summed E-state index contributed by atoms with van der Waals surface area (Å²) in [6.45, 7) is 3.09. The Morgan fingerprint density at radius 3 is 2.48 bits per heavy atom. The Morgan fingerprint density at radius 2 is 1.86 bits per heavy atom. The van der Waals surface area contributed by atoms with Gasteiger partial charge in [-0.25, -0.2) is 0 Å². The molecule has 2 aromatic carbocycles. The molecule has 0 aliphatic carbocycles. The Balaban J connectivity index is 1.77. The first-order valence-corrected chi connectivity index (χ1v) is 9.69. The van der Waals surface area contributed by atoms with E-state index in [4.69, 9.17) is 9.47 Å². The monoisotopic (exact) mass is 394 g/mol. The fourth-order valence-corrected chi connectivity index (χ4v) is 3.03. The van der Waals surface area contributed by atoms with Gasteiger partial charge in [-0.15, -0.1) is 0 Å². The van der Waals surface area contributed by atoms with E-state index in [0.29, 0.717) is 12.1 Å². The van der Waals surface area contributed by atoms with Crippen molar-refractivity contribution in [2.75, 3.05) is 20.3 Å². The summed E-state index contributed by atoms with van der Waals surface area (Å²) in [5.41, 5.74) is 2.50. The average molecular weight is 394 g/mol. The maximum Gasteiger partial charge on any atom is 0.267 e. The number of hydrogen-bond acceptors (Lipinski definition) is 4. The van der Waals surface area contributed by atoms with Gasteiger partial charge in [-0.3, -0.25) is 9.59 Å². The molecule has 1 saturated heterocycles. The predicted octanol–water partition coefficient (Wildman–Crippen LogP) is 3.07. The minimum atomic E-state index is -0.350. The fraction of sp³-hybridized carbons (Fsp3) is 0.304. The number of rotatable bonds is 7. The van der Waals surface area contributed by atoms with Crippen molar-refractivity contribution in [1.82, 2.24) is 10.6 Å². The summed E-state index contributed by atoms with van der Waals surface area (Å²) in [6.07, 6.45) is 3.59. The average Bonchev–Trinajstić information content (AvgIpc) is 3.26. The summed E-state index contributed by atoms with van der Waals surface area (Å²) in [7, 11) is 1.59. The highest BCUT2D eigenvalue weighted by Crippen LogP contribution is 2.15. The normalized spacial score (nSPS) is 16.3. The van der Waals surface area contributed by atoms with Crippen LogP contribution in [0.25, 0.3) is 6.08 Å². The molecule has 2 amide bonds. The zero-order valence-electron chi connectivity index (χ0n) is 16.7. The fourth-order valence-electron chi connectivity index (χ4n) is 3.03. The van der Waals surface area contributed by atoms with Crippen LogP contribution < -0.4 is 15.4 Å². The third-order valence-electron chi connectivity index (χ3n) is 4.75. The van der Waals surface area contributed by atoms with Crippen LogP contribution >= 0.6 is 0 Å². The van der Waals surface area contributed by atoms with Crippen LogP contribution in [0.5, 0.6) is 5.75 Å². The molecular weight excluding hydrogens is 368 g/mol. The Labute approximate surface area is 170 Å². The summed E-state index contributed by atoms with van der Waals surface area (Å²) in [4.78, 5) is 25.4. The molecule has 0 spiro atoms. The zero-order chi connectivity index (χ0) is 20.6. The second-order valence-corrected chi connectivity index (χ2v) is 7.00.